The van der Waals surface area contributed by atoms with E-state index in [2.05, 4.69) is 5.32 Å². The highest BCUT2D eigenvalue weighted by atomic mass is 19.1. The maximum atomic E-state index is 13.7. The summed E-state index contributed by atoms with van der Waals surface area (Å²) in [5, 5.41) is 13.1. The number of aryl methyl sites for hydroxylation is 1. The maximum Gasteiger partial charge on any atom is 0.130 e. The molecule has 21 heavy (non-hydrogen) atoms. The lowest BCUT2D eigenvalue weighted by atomic mass is 9.92. The van der Waals surface area contributed by atoms with Crippen molar-refractivity contribution in [2.75, 3.05) is 6.61 Å². The van der Waals surface area contributed by atoms with Crippen molar-refractivity contribution in [3.8, 4) is 0 Å². The van der Waals surface area contributed by atoms with Gasteiger partial charge in [-0.2, -0.15) is 0 Å². The van der Waals surface area contributed by atoms with Gasteiger partial charge in [0.05, 0.1) is 12.1 Å². The van der Waals surface area contributed by atoms with E-state index in [1.54, 1.807) is 0 Å². The van der Waals surface area contributed by atoms with Crippen molar-refractivity contribution in [3.05, 3.63) is 70.8 Å². The predicted molar refractivity (Wildman–Crippen MR) is 76.7 cm³/mol. The summed E-state index contributed by atoms with van der Waals surface area (Å²) in [6.07, 6.45) is 1.65. The topological polar surface area (TPSA) is 32.3 Å². The molecule has 0 radical (unpaired) electrons. The molecule has 2 aromatic rings. The minimum absolute atomic E-state index is 0.0488. The van der Waals surface area contributed by atoms with Gasteiger partial charge in [-0.1, -0.05) is 30.3 Å². The van der Waals surface area contributed by atoms with E-state index in [1.807, 2.05) is 24.3 Å². The van der Waals surface area contributed by atoms with E-state index < -0.39 is 17.2 Å². The number of halogens is 2. The van der Waals surface area contributed by atoms with Crippen LogP contribution < -0.4 is 5.32 Å². The molecule has 0 aliphatic heterocycles. The van der Waals surface area contributed by atoms with Gasteiger partial charge in [-0.25, -0.2) is 8.78 Å². The smallest absolute Gasteiger partial charge is 0.130 e. The fourth-order valence-electron chi connectivity index (χ4n) is 3.02. The van der Waals surface area contributed by atoms with Gasteiger partial charge in [-0.3, -0.25) is 0 Å². The van der Waals surface area contributed by atoms with Crippen molar-refractivity contribution in [1.29, 1.82) is 0 Å². The fraction of sp³-hybridized carbons (Fsp3) is 0.294. The summed E-state index contributed by atoms with van der Waals surface area (Å²) in [5.41, 5.74) is 2.12. The molecule has 0 fully saturated rings. The van der Waals surface area contributed by atoms with Crippen LogP contribution in [-0.2, 0) is 18.5 Å². The Hall–Kier alpha value is -1.78. The number of aliphatic hydroxyl groups excluding tert-OH is 1. The Morgan fingerprint density at radius 2 is 1.95 bits per heavy atom. The highest BCUT2D eigenvalue weighted by Gasteiger charge is 2.37. The van der Waals surface area contributed by atoms with Crippen LogP contribution in [0.4, 0.5) is 8.78 Å². The quantitative estimate of drug-likeness (QED) is 0.907. The lowest BCUT2D eigenvalue weighted by molar-refractivity contribution is 0.158. The predicted octanol–water partition coefficient (Wildman–Crippen LogP) is 2.89. The second-order valence-electron chi connectivity index (χ2n) is 5.49. The molecule has 0 spiro atoms. The number of hydrogen-bond acceptors (Lipinski definition) is 2. The summed E-state index contributed by atoms with van der Waals surface area (Å²) in [6, 6.07) is 11.5. The lowest BCUT2D eigenvalue weighted by Crippen LogP contribution is -2.43. The second-order valence-corrected chi connectivity index (χ2v) is 5.49. The molecular formula is C17H17F2NO. The van der Waals surface area contributed by atoms with Gasteiger partial charge in [0.2, 0.25) is 0 Å². The van der Waals surface area contributed by atoms with E-state index in [0.29, 0.717) is 5.56 Å². The number of aliphatic hydroxyl groups is 1. The number of benzene rings is 2. The third-order valence-electron chi connectivity index (χ3n) is 4.26. The van der Waals surface area contributed by atoms with Crippen molar-refractivity contribution in [2.45, 2.75) is 24.9 Å². The average Bonchev–Trinajstić information content (AvgIpc) is 2.86. The summed E-state index contributed by atoms with van der Waals surface area (Å²) in [4.78, 5) is 0. The SMILES string of the molecule is OCC1(NCc2ccc(F)cc2F)CCc2ccccc21. The van der Waals surface area contributed by atoms with Crippen molar-refractivity contribution in [3.63, 3.8) is 0 Å². The Kier molecular flexibility index (Phi) is 3.74. The van der Waals surface area contributed by atoms with Crippen LogP contribution in [0.3, 0.4) is 0 Å². The van der Waals surface area contributed by atoms with E-state index in [-0.39, 0.29) is 13.2 Å². The Bertz CT molecular complexity index is 659. The van der Waals surface area contributed by atoms with Crippen LogP contribution in [0.2, 0.25) is 0 Å². The highest BCUT2D eigenvalue weighted by Crippen LogP contribution is 2.36. The van der Waals surface area contributed by atoms with E-state index >= 15 is 0 Å². The second kappa shape index (κ2) is 5.54. The van der Waals surface area contributed by atoms with E-state index in [9.17, 15) is 13.9 Å². The molecule has 110 valence electrons. The maximum absolute atomic E-state index is 13.7. The zero-order valence-corrected chi connectivity index (χ0v) is 11.6. The molecule has 2 nitrogen and oxygen atoms in total. The molecule has 0 amide bonds. The van der Waals surface area contributed by atoms with Gasteiger partial charge in [0.15, 0.2) is 0 Å². The molecule has 0 heterocycles. The van der Waals surface area contributed by atoms with Gasteiger partial charge in [0.1, 0.15) is 11.6 Å². The van der Waals surface area contributed by atoms with Gasteiger partial charge in [0, 0.05) is 18.2 Å². The Balaban J connectivity index is 1.83. The molecule has 0 saturated heterocycles. The zero-order valence-electron chi connectivity index (χ0n) is 11.6. The van der Waals surface area contributed by atoms with Gasteiger partial charge in [-0.05, 0) is 30.0 Å². The van der Waals surface area contributed by atoms with Gasteiger partial charge >= 0.3 is 0 Å². The molecule has 3 rings (SSSR count). The molecule has 1 atom stereocenters. The minimum Gasteiger partial charge on any atom is -0.394 e. The average molecular weight is 289 g/mol. The van der Waals surface area contributed by atoms with E-state index in [1.165, 1.54) is 17.7 Å². The van der Waals surface area contributed by atoms with Crippen LogP contribution in [0.25, 0.3) is 0 Å². The van der Waals surface area contributed by atoms with Crippen LogP contribution in [0.1, 0.15) is 23.1 Å². The van der Waals surface area contributed by atoms with E-state index in [0.717, 1.165) is 24.5 Å². The largest absolute Gasteiger partial charge is 0.394 e. The van der Waals surface area contributed by atoms with Gasteiger partial charge in [0.25, 0.3) is 0 Å². The molecule has 2 N–H and O–H groups in total. The standard InChI is InChI=1S/C17H17F2NO/c18-14-6-5-13(16(19)9-14)10-20-17(11-21)8-7-12-3-1-2-4-15(12)17/h1-6,9,20-21H,7-8,10-11H2. The third-order valence-corrected chi connectivity index (χ3v) is 4.26. The molecule has 2 aromatic carbocycles. The Morgan fingerprint density at radius 1 is 1.14 bits per heavy atom. The van der Waals surface area contributed by atoms with Crippen molar-refractivity contribution >= 4 is 0 Å². The number of nitrogens with one attached hydrogen (secondary N) is 1. The highest BCUT2D eigenvalue weighted by molar-refractivity contribution is 5.39. The van der Waals surface area contributed by atoms with Gasteiger partial charge < -0.3 is 10.4 Å². The molecule has 0 bridgehead atoms. The van der Waals surface area contributed by atoms with Gasteiger partial charge in [-0.15, -0.1) is 0 Å². The first-order chi connectivity index (χ1) is 10.1. The van der Waals surface area contributed by atoms with Crippen molar-refractivity contribution < 1.29 is 13.9 Å². The summed E-state index contributed by atoms with van der Waals surface area (Å²) in [6.45, 7) is 0.202. The summed E-state index contributed by atoms with van der Waals surface area (Å²) < 4.78 is 26.6. The fourth-order valence-corrected chi connectivity index (χ4v) is 3.02. The van der Waals surface area contributed by atoms with Crippen LogP contribution in [0, 0.1) is 11.6 Å². The van der Waals surface area contributed by atoms with Crippen LogP contribution in [0.15, 0.2) is 42.5 Å². The number of hydrogen-bond donors (Lipinski definition) is 2. The normalized spacial score (nSPS) is 20.5. The first-order valence-corrected chi connectivity index (χ1v) is 7.03. The van der Waals surface area contributed by atoms with Crippen LogP contribution in [0.5, 0.6) is 0 Å². The minimum atomic E-state index is -0.584. The van der Waals surface area contributed by atoms with Crippen molar-refractivity contribution in [2.24, 2.45) is 0 Å². The van der Waals surface area contributed by atoms with E-state index in [4.69, 9.17) is 0 Å². The van der Waals surface area contributed by atoms with Crippen LogP contribution in [-0.4, -0.2) is 11.7 Å². The lowest BCUT2D eigenvalue weighted by Gasteiger charge is -2.30. The molecule has 1 aliphatic rings. The number of rotatable bonds is 4. The zero-order chi connectivity index (χ0) is 14.9. The Labute approximate surface area is 122 Å². The summed E-state index contributed by atoms with van der Waals surface area (Å²) >= 11 is 0. The van der Waals surface area contributed by atoms with Crippen LogP contribution >= 0.6 is 0 Å². The first-order valence-electron chi connectivity index (χ1n) is 7.03. The molecule has 1 aliphatic carbocycles. The number of fused-ring (bicyclic) bond motifs is 1. The molecule has 4 heteroatoms. The molecule has 0 aromatic heterocycles. The summed E-state index contributed by atoms with van der Waals surface area (Å²) in [7, 11) is 0. The third kappa shape index (κ3) is 2.57. The van der Waals surface area contributed by atoms with Crippen molar-refractivity contribution in [1.82, 2.24) is 5.32 Å². The monoisotopic (exact) mass is 289 g/mol. The summed E-state index contributed by atoms with van der Waals surface area (Å²) in [5.74, 6) is -1.15. The molecule has 1 unspecified atom stereocenters. The molecular weight excluding hydrogens is 272 g/mol. The Morgan fingerprint density at radius 3 is 2.71 bits per heavy atom. The molecule has 0 saturated carbocycles. The first kappa shape index (κ1) is 14.2.